The highest BCUT2D eigenvalue weighted by Crippen LogP contribution is 2.16. The molecule has 2 N–H and O–H groups in total. The SMILES string of the molecule is Cc1ccc(/C=C/C(=O)Nc2ccc(CC(=O)O)nc2)s1. The zero-order valence-corrected chi connectivity index (χ0v) is 12.2. The first-order valence-corrected chi connectivity index (χ1v) is 7.07. The summed E-state index contributed by atoms with van der Waals surface area (Å²) in [7, 11) is 0. The van der Waals surface area contributed by atoms with Crippen LogP contribution in [-0.2, 0) is 16.0 Å². The molecule has 0 aromatic carbocycles. The van der Waals surface area contributed by atoms with Crippen LogP contribution < -0.4 is 5.32 Å². The van der Waals surface area contributed by atoms with Crippen molar-refractivity contribution in [1.82, 2.24) is 4.98 Å². The van der Waals surface area contributed by atoms with Crippen molar-refractivity contribution in [2.45, 2.75) is 13.3 Å². The predicted octanol–water partition coefficient (Wildman–Crippen LogP) is 2.73. The first-order chi connectivity index (χ1) is 10.0. The van der Waals surface area contributed by atoms with Gasteiger partial charge in [0.05, 0.1) is 24.0 Å². The Morgan fingerprint density at radius 1 is 1.33 bits per heavy atom. The van der Waals surface area contributed by atoms with Crippen molar-refractivity contribution in [3.05, 3.63) is 52.0 Å². The van der Waals surface area contributed by atoms with Gasteiger partial charge in [0.25, 0.3) is 0 Å². The third-order valence-corrected chi connectivity index (χ3v) is 3.55. The summed E-state index contributed by atoms with van der Waals surface area (Å²) in [5.41, 5.74) is 0.978. The molecule has 108 valence electrons. The summed E-state index contributed by atoms with van der Waals surface area (Å²) in [6.45, 7) is 2.01. The van der Waals surface area contributed by atoms with E-state index in [1.54, 1.807) is 29.5 Å². The summed E-state index contributed by atoms with van der Waals surface area (Å²) < 4.78 is 0. The molecule has 0 saturated heterocycles. The fourth-order valence-electron chi connectivity index (χ4n) is 1.64. The number of anilines is 1. The van der Waals surface area contributed by atoms with Gasteiger partial charge in [-0.05, 0) is 37.3 Å². The molecule has 21 heavy (non-hydrogen) atoms. The van der Waals surface area contributed by atoms with E-state index in [0.29, 0.717) is 11.4 Å². The Bertz CT molecular complexity index is 674. The molecule has 2 rings (SSSR count). The van der Waals surface area contributed by atoms with E-state index in [9.17, 15) is 9.59 Å². The molecule has 0 unspecified atom stereocenters. The van der Waals surface area contributed by atoms with Crippen LogP contribution in [0.2, 0.25) is 0 Å². The number of aliphatic carboxylic acids is 1. The minimum absolute atomic E-state index is 0.133. The molecule has 0 bridgehead atoms. The number of amides is 1. The lowest BCUT2D eigenvalue weighted by Crippen LogP contribution is -2.08. The first kappa shape index (κ1) is 14.9. The Labute approximate surface area is 126 Å². The van der Waals surface area contributed by atoms with Crippen LogP contribution in [0.15, 0.2) is 36.5 Å². The van der Waals surface area contributed by atoms with Crippen molar-refractivity contribution in [3.8, 4) is 0 Å². The van der Waals surface area contributed by atoms with Crippen molar-refractivity contribution >= 4 is 35.0 Å². The molecule has 0 aliphatic carbocycles. The molecular weight excluding hydrogens is 288 g/mol. The number of hydrogen-bond acceptors (Lipinski definition) is 4. The lowest BCUT2D eigenvalue weighted by Gasteiger charge is -2.02. The lowest BCUT2D eigenvalue weighted by atomic mass is 10.2. The fourth-order valence-corrected chi connectivity index (χ4v) is 2.42. The molecular formula is C15H14N2O3S. The summed E-state index contributed by atoms with van der Waals surface area (Å²) in [5.74, 6) is -1.19. The highest BCUT2D eigenvalue weighted by Gasteiger charge is 2.03. The standard InChI is InChI=1S/C15H14N2O3S/c1-10-2-5-13(21-10)6-7-14(18)17-12-4-3-11(16-9-12)8-15(19)20/h2-7,9H,8H2,1H3,(H,17,18)(H,19,20)/b7-6+. The summed E-state index contributed by atoms with van der Waals surface area (Å²) >= 11 is 1.61. The van der Waals surface area contributed by atoms with Crippen LogP contribution in [-0.4, -0.2) is 22.0 Å². The average Bonchev–Trinajstić information content (AvgIpc) is 2.84. The summed E-state index contributed by atoms with van der Waals surface area (Å²) in [6.07, 6.45) is 4.51. The van der Waals surface area contributed by atoms with E-state index in [1.807, 2.05) is 19.1 Å². The third-order valence-electron chi connectivity index (χ3n) is 2.58. The monoisotopic (exact) mass is 302 g/mol. The maximum Gasteiger partial charge on any atom is 0.309 e. The van der Waals surface area contributed by atoms with Gasteiger partial charge in [-0.1, -0.05) is 0 Å². The summed E-state index contributed by atoms with van der Waals surface area (Å²) in [4.78, 5) is 28.5. The number of nitrogens with one attached hydrogen (secondary N) is 1. The van der Waals surface area contributed by atoms with Crippen LogP contribution in [0.1, 0.15) is 15.4 Å². The highest BCUT2D eigenvalue weighted by atomic mass is 32.1. The largest absolute Gasteiger partial charge is 0.481 e. The van der Waals surface area contributed by atoms with Crippen molar-refractivity contribution in [3.63, 3.8) is 0 Å². The van der Waals surface area contributed by atoms with Gasteiger partial charge < -0.3 is 10.4 Å². The van der Waals surface area contributed by atoms with Crippen molar-refractivity contribution in [2.24, 2.45) is 0 Å². The van der Waals surface area contributed by atoms with Crippen LogP contribution in [0.5, 0.6) is 0 Å². The number of rotatable bonds is 5. The smallest absolute Gasteiger partial charge is 0.309 e. The number of carboxylic acid groups (broad SMARTS) is 1. The zero-order valence-electron chi connectivity index (χ0n) is 11.4. The first-order valence-electron chi connectivity index (χ1n) is 6.25. The van der Waals surface area contributed by atoms with Crippen molar-refractivity contribution in [1.29, 1.82) is 0 Å². The van der Waals surface area contributed by atoms with Gasteiger partial charge in [-0.15, -0.1) is 11.3 Å². The molecule has 6 heteroatoms. The Morgan fingerprint density at radius 2 is 2.14 bits per heavy atom. The molecule has 0 atom stereocenters. The Kier molecular flexibility index (Phi) is 4.84. The van der Waals surface area contributed by atoms with Crippen LogP contribution in [0.25, 0.3) is 6.08 Å². The predicted molar refractivity (Wildman–Crippen MR) is 82.3 cm³/mol. The van der Waals surface area contributed by atoms with Crippen LogP contribution in [0, 0.1) is 6.92 Å². The lowest BCUT2D eigenvalue weighted by molar-refractivity contribution is -0.136. The summed E-state index contributed by atoms with van der Waals surface area (Å²) in [5, 5.41) is 11.3. The van der Waals surface area contributed by atoms with Crippen LogP contribution in [0.3, 0.4) is 0 Å². The van der Waals surface area contributed by atoms with Crippen molar-refractivity contribution in [2.75, 3.05) is 5.32 Å². The molecule has 0 spiro atoms. The molecule has 0 aliphatic rings. The quantitative estimate of drug-likeness (QED) is 0.832. The second kappa shape index (κ2) is 6.81. The van der Waals surface area contributed by atoms with Gasteiger partial charge in [-0.2, -0.15) is 0 Å². The van der Waals surface area contributed by atoms with Crippen LogP contribution >= 0.6 is 11.3 Å². The zero-order chi connectivity index (χ0) is 15.2. The number of pyridine rings is 1. The van der Waals surface area contributed by atoms with E-state index in [0.717, 1.165) is 4.88 Å². The number of aromatic nitrogens is 1. The van der Waals surface area contributed by atoms with Gasteiger partial charge in [0, 0.05) is 15.8 Å². The second-order valence-electron chi connectivity index (χ2n) is 4.38. The van der Waals surface area contributed by atoms with E-state index >= 15 is 0 Å². The van der Waals surface area contributed by atoms with Gasteiger partial charge in [-0.3, -0.25) is 14.6 Å². The average molecular weight is 302 g/mol. The van der Waals surface area contributed by atoms with Crippen LogP contribution in [0.4, 0.5) is 5.69 Å². The third kappa shape index (κ3) is 4.85. The maximum absolute atomic E-state index is 11.7. The molecule has 0 radical (unpaired) electrons. The molecule has 2 heterocycles. The van der Waals surface area contributed by atoms with Gasteiger partial charge in [0.15, 0.2) is 0 Å². The van der Waals surface area contributed by atoms with Gasteiger partial charge in [0.1, 0.15) is 0 Å². The number of hydrogen-bond donors (Lipinski definition) is 2. The minimum atomic E-state index is -0.937. The molecule has 2 aromatic heterocycles. The number of carboxylic acids is 1. The fraction of sp³-hybridized carbons (Fsp3) is 0.133. The van der Waals surface area contributed by atoms with E-state index in [2.05, 4.69) is 10.3 Å². The Balaban J connectivity index is 1.93. The van der Waals surface area contributed by atoms with Crippen molar-refractivity contribution < 1.29 is 14.7 Å². The molecule has 5 nitrogen and oxygen atoms in total. The second-order valence-corrected chi connectivity index (χ2v) is 5.70. The van der Waals surface area contributed by atoms with Gasteiger partial charge >= 0.3 is 5.97 Å². The molecule has 1 amide bonds. The number of aryl methyl sites for hydroxylation is 1. The van der Waals surface area contributed by atoms with E-state index in [1.165, 1.54) is 17.2 Å². The Hall–Kier alpha value is -2.47. The number of carbonyl (C=O) groups is 2. The molecule has 2 aromatic rings. The van der Waals surface area contributed by atoms with Gasteiger partial charge in [0.2, 0.25) is 5.91 Å². The molecule has 0 fully saturated rings. The Morgan fingerprint density at radius 3 is 2.71 bits per heavy atom. The molecule has 0 aliphatic heterocycles. The van der Waals surface area contributed by atoms with Gasteiger partial charge in [-0.25, -0.2) is 0 Å². The highest BCUT2D eigenvalue weighted by molar-refractivity contribution is 7.12. The molecule has 0 saturated carbocycles. The maximum atomic E-state index is 11.7. The van der Waals surface area contributed by atoms with E-state index < -0.39 is 5.97 Å². The minimum Gasteiger partial charge on any atom is -0.481 e. The van der Waals surface area contributed by atoms with E-state index in [-0.39, 0.29) is 12.3 Å². The summed E-state index contributed by atoms with van der Waals surface area (Å²) in [6, 6.07) is 7.15. The topological polar surface area (TPSA) is 79.3 Å². The van der Waals surface area contributed by atoms with E-state index in [4.69, 9.17) is 5.11 Å². The number of nitrogens with zero attached hydrogens (tertiary/aromatic N) is 1. The number of thiophene rings is 1. The number of carbonyl (C=O) groups excluding carboxylic acids is 1. The normalized spacial score (nSPS) is 10.7.